The SMILES string of the molecule is CC[C@H](Oc1ccc(OC)cc1)C(=O)Nc1cc(C)on1. The molecule has 0 radical (unpaired) electrons. The summed E-state index contributed by atoms with van der Waals surface area (Å²) in [5.41, 5.74) is 0. The molecule has 21 heavy (non-hydrogen) atoms. The molecule has 2 aromatic rings. The Morgan fingerprint density at radius 2 is 2.00 bits per heavy atom. The van der Waals surface area contributed by atoms with Gasteiger partial charge in [-0.2, -0.15) is 0 Å². The molecular weight excluding hydrogens is 272 g/mol. The number of hydrogen-bond acceptors (Lipinski definition) is 5. The average Bonchev–Trinajstić information content (AvgIpc) is 2.90. The number of nitrogens with one attached hydrogen (secondary N) is 1. The molecule has 6 nitrogen and oxygen atoms in total. The molecule has 1 aromatic heterocycles. The zero-order valence-corrected chi connectivity index (χ0v) is 12.3. The minimum absolute atomic E-state index is 0.262. The molecule has 6 heteroatoms. The van der Waals surface area contributed by atoms with Crippen molar-refractivity contribution in [2.75, 3.05) is 12.4 Å². The van der Waals surface area contributed by atoms with Crippen LogP contribution >= 0.6 is 0 Å². The number of benzene rings is 1. The summed E-state index contributed by atoms with van der Waals surface area (Å²) in [6.45, 7) is 3.63. The number of ether oxygens (including phenoxy) is 2. The fourth-order valence-electron chi connectivity index (χ4n) is 1.77. The van der Waals surface area contributed by atoms with Crippen LogP contribution in [-0.2, 0) is 4.79 Å². The van der Waals surface area contributed by atoms with E-state index < -0.39 is 6.10 Å². The average molecular weight is 290 g/mol. The highest BCUT2D eigenvalue weighted by atomic mass is 16.5. The minimum Gasteiger partial charge on any atom is -0.497 e. The second-order valence-corrected chi connectivity index (χ2v) is 4.50. The number of carbonyl (C=O) groups excluding carboxylic acids is 1. The van der Waals surface area contributed by atoms with Crippen molar-refractivity contribution in [3.05, 3.63) is 36.1 Å². The molecule has 0 unspecified atom stereocenters. The van der Waals surface area contributed by atoms with Gasteiger partial charge < -0.3 is 19.3 Å². The van der Waals surface area contributed by atoms with E-state index in [2.05, 4.69) is 10.5 Å². The fourth-order valence-corrected chi connectivity index (χ4v) is 1.77. The van der Waals surface area contributed by atoms with Gasteiger partial charge >= 0.3 is 0 Å². The third-order valence-corrected chi connectivity index (χ3v) is 2.88. The van der Waals surface area contributed by atoms with Crippen LogP contribution in [-0.4, -0.2) is 24.3 Å². The molecule has 1 atom stereocenters. The normalized spacial score (nSPS) is 11.8. The first kappa shape index (κ1) is 14.9. The van der Waals surface area contributed by atoms with E-state index in [1.807, 2.05) is 6.92 Å². The minimum atomic E-state index is -0.601. The van der Waals surface area contributed by atoms with Crippen molar-refractivity contribution >= 4 is 11.7 Å². The van der Waals surface area contributed by atoms with Gasteiger partial charge in [-0.05, 0) is 37.6 Å². The van der Waals surface area contributed by atoms with Crippen LogP contribution in [0.1, 0.15) is 19.1 Å². The van der Waals surface area contributed by atoms with Crippen LogP contribution in [0.25, 0.3) is 0 Å². The van der Waals surface area contributed by atoms with Gasteiger partial charge in [0, 0.05) is 6.07 Å². The zero-order valence-electron chi connectivity index (χ0n) is 12.3. The van der Waals surface area contributed by atoms with Gasteiger partial charge in [-0.15, -0.1) is 0 Å². The maximum Gasteiger partial charge on any atom is 0.266 e. The first-order valence-electron chi connectivity index (χ1n) is 6.67. The Morgan fingerprint density at radius 1 is 1.33 bits per heavy atom. The van der Waals surface area contributed by atoms with E-state index in [0.29, 0.717) is 23.7 Å². The molecule has 1 amide bonds. The number of aromatic nitrogens is 1. The molecule has 1 heterocycles. The summed E-state index contributed by atoms with van der Waals surface area (Å²) >= 11 is 0. The van der Waals surface area contributed by atoms with Crippen molar-refractivity contribution in [3.8, 4) is 11.5 Å². The monoisotopic (exact) mass is 290 g/mol. The lowest BCUT2D eigenvalue weighted by molar-refractivity contribution is -0.122. The first-order chi connectivity index (χ1) is 10.1. The zero-order chi connectivity index (χ0) is 15.2. The van der Waals surface area contributed by atoms with Crippen LogP contribution in [0, 0.1) is 6.92 Å². The molecule has 0 saturated heterocycles. The van der Waals surface area contributed by atoms with Crippen LogP contribution in [0.15, 0.2) is 34.9 Å². The molecule has 0 spiro atoms. The summed E-state index contributed by atoms with van der Waals surface area (Å²) in [6, 6.07) is 8.73. The van der Waals surface area contributed by atoms with Crippen molar-refractivity contribution in [2.24, 2.45) is 0 Å². The van der Waals surface area contributed by atoms with Crippen LogP contribution in [0.2, 0.25) is 0 Å². The summed E-state index contributed by atoms with van der Waals surface area (Å²) in [6.07, 6.45) is -0.0651. The molecule has 0 aliphatic heterocycles. The fraction of sp³-hybridized carbons (Fsp3) is 0.333. The number of rotatable bonds is 6. The topological polar surface area (TPSA) is 73.6 Å². The third-order valence-electron chi connectivity index (χ3n) is 2.88. The predicted octanol–water partition coefficient (Wildman–Crippen LogP) is 2.79. The molecule has 0 aliphatic rings. The van der Waals surface area contributed by atoms with E-state index in [9.17, 15) is 4.79 Å². The Labute approximate surface area is 123 Å². The summed E-state index contributed by atoms with van der Waals surface area (Å²) in [4.78, 5) is 12.1. The molecular formula is C15H18N2O4. The van der Waals surface area contributed by atoms with Crippen molar-refractivity contribution in [1.29, 1.82) is 0 Å². The van der Waals surface area contributed by atoms with Crippen LogP contribution in [0.4, 0.5) is 5.82 Å². The van der Waals surface area contributed by atoms with Crippen molar-refractivity contribution in [3.63, 3.8) is 0 Å². The highest BCUT2D eigenvalue weighted by Gasteiger charge is 2.19. The van der Waals surface area contributed by atoms with Gasteiger partial charge in [0.15, 0.2) is 11.9 Å². The maximum atomic E-state index is 12.1. The van der Waals surface area contributed by atoms with Gasteiger partial charge in [0.25, 0.3) is 5.91 Å². The Kier molecular flexibility index (Phi) is 4.81. The van der Waals surface area contributed by atoms with Crippen LogP contribution in [0.5, 0.6) is 11.5 Å². The smallest absolute Gasteiger partial charge is 0.266 e. The van der Waals surface area contributed by atoms with Crippen molar-refractivity contribution < 1.29 is 18.8 Å². The number of anilines is 1. The highest BCUT2D eigenvalue weighted by Crippen LogP contribution is 2.19. The number of nitrogens with zero attached hydrogens (tertiary/aromatic N) is 1. The molecule has 0 fully saturated rings. The van der Waals surface area contributed by atoms with E-state index in [0.717, 1.165) is 5.75 Å². The van der Waals surface area contributed by atoms with Gasteiger partial charge in [-0.3, -0.25) is 4.79 Å². The Balaban J connectivity index is 1.99. The van der Waals surface area contributed by atoms with E-state index in [4.69, 9.17) is 14.0 Å². The van der Waals surface area contributed by atoms with E-state index in [-0.39, 0.29) is 5.91 Å². The van der Waals surface area contributed by atoms with Gasteiger partial charge in [0.05, 0.1) is 7.11 Å². The summed E-state index contributed by atoms with van der Waals surface area (Å²) in [5.74, 6) is 2.09. The molecule has 2 rings (SSSR count). The number of aryl methyl sites for hydroxylation is 1. The summed E-state index contributed by atoms with van der Waals surface area (Å²) in [5, 5.41) is 6.39. The number of methoxy groups -OCH3 is 1. The van der Waals surface area contributed by atoms with E-state index in [1.165, 1.54) is 0 Å². The Bertz CT molecular complexity index is 592. The summed E-state index contributed by atoms with van der Waals surface area (Å²) in [7, 11) is 1.60. The van der Waals surface area contributed by atoms with Crippen LogP contribution < -0.4 is 14.8 Å². The number of carbonyl (C=O) groups is 1. The predicted molar refractivity (Wildman–Crippen MR) is 77.6 cm³/mol. The number of amides is 1. The second kappa shape index (κ2) is 6.78. The summed E-state index contributed by atoms with van der Waals surface area (Å²) < 4.78 is 15.7. The maximum absolute atomic E-state index is 12.1. The Morgan fingerprint density at radius 3 is 2.52 bits per heavy atom. The molecule has 112 valence electrons. The lowest BCUT2D eigenvalue weighted by atomic mass is 10.2. The van der Waals surface area contributed by atoms with E-state index in [1.54, 1.807) is 44.4 Å². The number of hydrogen-bond donors (Lipinski definition) is 1. The largest absolute Gasteiger partial charge is 0.497 e. The first-order valence-corrected chi connectivity index (χ1v) is 6.67. The van der Waals surface area contributed by atoms with Crippen molar-refractivity contribution in [2.45, 2.75) is 26.4 Å². The molecule has 1 aromatic carbocycles. The van der Waals surface area contributed by atoms with Gasteiger partial charge in [0.1, 0.15) is 17.3 Å². The highest BCUT2D eigenvalue weighted by molar-refractivity contribution is 5.93. The van der Waals surface area contributed by atoms with Crippen LogP contribution in [0.3, 0.4) is 0 Å². The Hall–Kier alpha value is -2.50. The third kappa shape index (κ3) is 3.98. The van der Waals surface area contributed by atoms with E-state index >= 15 is 0 Å². The molecule has 1 N–H and O–H groups in total. The lowest BCUT2D eigenvalue weighted by Gasteiger charge is -2.16. The lowest BCUT2D eigenvalue weighted by Crippen LogP contribution is -2.32. The molecule has 0 aliphatic carbocycles. The molecule has 0 bridgehead atoms. The standard InChI is InChI=1S/C15H18N2O4/c1-4-13(15(18)16-14-9-10(2)21-17-14)20-12-7-5-11(19-3)6-8-12/h5-9,13H,4H2,1-3H3,(H,16,17,18)/t13-/m0/s1. The van der Waals surface area contributed by atoms with Gasteiger partial charge in [0.2, 0.25) is 0 Å². The van der Waals surface area contributed by atoms with Gasteiger partial charge in [-0.25, -0.2) is 0 Å². The van der Waals surface area contributed by atoms with Crippen molar-refractivity contribution in [1.82, 2.24) is 5.16 Å². The van der Waals surface area contributed by atoms with Gasteiger partial charge in [-0.1, -0.05) is 12.1 Å². The quantitative estimate of drug-likeness (QED) is 0.885. The second-order valence-electron chi connectivity index (χ2n) is 4.50. The molecule has 0 saturated carbocycles.